The second kappa shape index (κ2) is 7.13. The Morgan fingerprint density at radius 1 is 0.947 bits per heavy atom. The maximum Gasteiger partial charge on any atom is 0.191 e. The summed E-state index contributed by atoms with van der Waals surface area (Å²) < 4.78 is 0. The van der Waals surface area contributed by atoms with Crippen molar-refractivity contribution < 1.29 is 4.98 Å². The van der Waals surface area contributed by atoms with Gasteiger partial charge in [-0.3, -0.25) is 0 Å². The lowest BCUT2D eigenvalue weighted by Gasteiger charge is -2.24. The van der Waals surface area contributed by atoms with Gasteiger partial charge in [0.1, 0.15) is 5.69 Å². The summed E-state index contributed by atoms with van der Waals surface area (Å²) in [5.74, 6) is 0. The highest BCUT2D eigenvalue weighted by Gasteiger charge is 2.12. The molecule has 0 bridgehead atoms. The van der Waals surface area contributed by atoms with Crippen molar-refractivity contribution in [3.63, 3.8) is 0 Å². The van der Waals surface area contributed by atoms with Crippen molar-refractivity contribution in [3.8, 4) is 0 Å². The average Bonchev–Trinajstić information content (AvgIpc) is 2.47. The molecule has 1 heterocycles. The molecule has 0 fully saturated rings. The zero-order chi connectivity index (χ0) is 13.5. The summed E-state index contributed by atoms with van der Waals surface area (Å²) in [5.41, 5.74) is 1.35. The predicted octanol–water partition coefficient (Wildman–Crippen LogP) is 4.06. The van der Waals surface area contributed by atoms with E-state index in [9.17, 15) is 0 Å². The number of H-pyrrole nitrogens is 1. The minimum absolute atomic E-state index is 1.15. The van der Waals surface area contributed by atoms with Gasteiger partial charge < -0.3 is 4.90 Å². The van der Waals surface area contributed by atoms with Crippen LogP contribution in [0.15, 0.2) is 36.7 Å². The van der Waals surface area contributed by atoms with Gasteiger partial charge >= 0.3 is 0 Å². The van der Waals surface area contributed by atoms with Crippen molar-refractivity contribution in [2.24, 2.45) is 0 Å². The third-order valence-corrected chi connectivity index (χ3v) is 3.60. The molecule has 0 aliphatic rings. The molecule has 0 spiro atoms. The number of rotatable bonds is 7. The number of benzene rings is 1. The van der Waals surface area contributed by atoms with Crippen LogP contribution in [0.2, 0.25) is 0 Å². The molecule has 2 aromatic rings. The SMILES string of the molecule is CCCCN(CCCC)c1c[nH+]cc2ccccc12. The Balaban J connectivity index is 2.31. The van der Waals surface area contributed by atoms with Gasteiger partial charge in [-0.05, 0) is 18.9 Å². The van der Waals surface area contributed by atoms with Crippen molar-refractivity contribution in [1.82, 2.24) is 0 Å². The van der Waals surface area contributed by atoms with Gasteiger partial charge in [0.05, 0.1) is 0 Å². The van der Waals surface area contributed by atoms with Crippen LogP contribution >= 0.6 is 0 Å². The highest BCUT2D eigenvalue weighted by Crippen LogP contribution is 2.24. The van der Waals surface area contributed by atoms with E-state index in [2.05, 4.69) is 60.4 Å². The van der Waals surface area contributed by atoms with Crippen LogP contribution in [0.25, 0.3) is 10.8 Å². The summed E-state index contributed by atoms with van der Waals surface area (Å²) in [5, 5.41) is 2.64. The number of nitrogens with zero attached hydrogens (tertiary/aromatic N) is 1. The molecule has 0 aliphatic carbocycles. The molecule has 2 rings (SSSR count). The molecule has 1 N–H and O–H groups in total. The average molecular weight is 257 g/mol. The van der Waals surface area contributed by atoms with E-state index < -0.39 is 0 Å². The molecule has 0 unspecified atom stereocenters. The molecule has 0 radical (unpaired) electrons. The summed E-state index contributed by atoms with van der Waals surface area (Å²) in [6.07, 6.45) is 9.23. The van der Waals surface area contributed by atoms with Crippen LogP contribution in [0.3, 0.4) is 0 Å². The Bertz CT molecular complexity index is 494. The fourth-order valence-electron chi connectivity index (χ4n) is 2.46. The number of aromatic nitrogens is 1. The number of fused-ring (bicyclic) bond motifs is 1. The minimum atomic E-state index is 1.15. The smallest absolute Gasteiger partial charge is 0.191 e. The van der Waals surface area contributed by atoms with Crippen molar-refractivity contribution in [2.45, 2.75) is 39.5 Å². The second-order valence-electron chi connectivity index (χ2n) is 5.12. The lowest BCUT2D eigenvalue weighted by atomic mass is 10.1. The fraction of sp³-hybridized carbons (Fsp3) is 0.471. The molecule has 2 nitrogen and oxygen atoms in total. The van der Waals surface area contributed by atoms with Crippen LogP contribution in [0, 0.1) is 0 Å². The molecule has 1 aromatic carbocycles. The predicted molar refractivity (Wildman–Crippen MR) is 82.5 cm³/mol. The van der Waals surface area contributed by atoms with Gasteiger partial charge in [-0.15, -0.1) is 0 Å². The van der Waals surface area contributed by atoms with E-state index in [0.717, 1.165) is 13.1 Å². The lowest BCUT2D eigenvalue weighted by Crippen LogP contribution is -2.27. The summed E-state index contributed by atoms with van der Waals surface area (Å²) in [7, 11) is 0. The number of aromatic amines is 1. The normalized spacial score (nSPS) is 10.8. The molecule has 2 heteroatoms. The van der Waals surface area contributed by atoms with E-state index in [1.54, 1.807) is 0 Å². The number of anilines is 1. The van der Waals surface area contributed by atoms with E-state index in [1.165, 1.54) is 42.1 Å². The number of unbranched alkanes of at least 4 members (excludes halogenated alkanes) is 2. The van der Waals surface area contributed by atoms with Gasteiger partial charge in [0.25, 0.3) is 0 Å². The quantitative estimate of drug-likeness (QED) is 0.731. The molecule has 0 amide bonds. The van der Waals surface area contributed by atoms with E-state index in [0.29, 0.717) is 0 Å². The summed E-state index contributed by atoms with van der Waals surface area (Å²) in [4.78, 5) is 5.83. The highest BCUT2D eigenvalue weighted by molar-refractivity contribution is 5.92. The van der Waals surface area contributed by atoms with Gasteiger partial charge in [0.2, 0.25) is 0 Å². The third-order valence-electron chi connectivity index (χ3n) is 3.60. The first-order valence-electron chi connectivity index (χ1n) is 7.50. The summed E-state index contributed by atoms with van der Waals surface area (Å²) >= 11 is 0. The second-order valence-corrected chi connectivity index (χ2v) is 5.12. The number of hydrogen-bond acceptors (Lipinski definition) is 1. The van der Waals surface area contributed by atoms with Crippen LogP contribution < -0.4 is 9.88 Å². The first kappa shape index (κ1) is 13.9. The van der Waals surface area contributed by atoms with Gasteiger partial charge in [0, 0.05) is 23.9 Å². The highest BCUT2D eigenvalue weighted by atomic mass is 15.1. The lowest BCUT2D eigenvalue weighted by molar-refractivity contribution is -0.375. The zero-order valence-electron chi connectivity index (χ0n) is 12.2. The first-order valence-corrected chi connectivity index (χ1v) is 7.50. The fourth-order valence-corrected chi connectivity index (χ4v) is 2.46. The Labute approximate surface area is 116 Å². The van der Waals surface area contributed by atoms with Crippen LogP contribution in [-0.4, -0.2) is 13.1 Å². The molecule has 102 valence electrons. The summed E-state index contributed by atoms with van der Waals surface area (Å²) in [6, 6.07) is 8.63. The van der Waals surface area contributed by atoms with Gasteiger partial charge in [-0.2, -0.15) is 0 Å². The van der Waals surface area contributed by atoms with Crippen molar-refractivity contribution in [3.05, 3.63) is 36.7 Å². The molecular formula is C17H25N2+. The topological polar surface area (TPSA) is 17.4 Å². The van der Waals surface area contributed by atoms with Gasteiger partial charge in [0.15, 0.2) is 12.4 Å². The first-order chi connectivity index (χ1) is 9.36. The van der Waals surface area contributed by atoms with Gasteiger partial charge in [-0.1, -0.05) is 44.9 Å². The minimum Gasteiger partial charge on any atom is -0.366 e. The third kappa shape index (κ3) is 3.46. The van der Waals surface area contributed by atoms with E-state index >= 15 is 0 Å². The van der Waals surface area contributed by atoms with E-state index in [4.69, 9.17) is 0 Å². The van der Waals surface area contributed by atoms with Crippen molar-refractivity contribution in [1.29, 1.82) is 0 Å². The monoisotopic (exact) mass is 257 g/mol. The number of nitrogens with one attached hydrogen (secondary N) is 1. The van der Waals surface area contributed by atoms with Crippen LogP contribution in [0.5, 0.6) is 0 Å². The Morgan fingerprint density at radius 2 is 1.63 bits per heavy atom. The molecule has 0 saturated heterocycles. The van der Waals surface area contributed by atoms with Crippen molar-refractivity contribution in [2.75, 3.05) is 18.0 Å². The number of pyridine rings is 1. The van der Waals surface area contributed by atoms with Crippen molar-refractivity contribution >= 4 is 16.5 Å². The largest absolute Gasteiger partial charge is 0.366 e. The standard InChI is InChI=1S/C17H24N2/c1-3-5-11-19(12-6-4-2)17-14-18-13-15-9-7-8-10-16(15)17/h7-10,13-14H,3-6,11-12H2,1-2H3/p+1. The Kier molecular flexibility index (Phi) is 5.20. The Morgan fingerprint density at radius 3 is 2.32 bits per heavy atom. The maximum absolute atomic E-state index is 3.30. The zero-order valence-corrected chi connectivity index (χ0v) is 12.2. The Hall–Kier alpha value is -1.57. The van der Waals surface area contributed by atoms with E-state index in [-0.39, 0.29) is 0 Å². The molecule has 0 atom stereocenters. The molecule has 19 heavy (non-hydrogen) atoms. The number of hydrogen-bond donors (Lipinski definition) is 0. The van der Waals surface area contributed by atoms with Crippen LogP contribution in [0.4, 0.5) is 5.69 Å². The van der Waals surface area contributed by atoms with Crippen LogP contribution in [-0.2, 0) is 0 Å². The molecule has 0 aliphatic heterocycles. The summed E-state index contributed by atoms with van der Waals surface area (Å²) in [6.45, 7) is 6.82. The van der Waals surface area contributed by atoms with E-state index in [1.807, 2.05) is 0 Å². The molecule has 1 aromatic heterocycles. The maximum atomic E-state index is 3.30. The molecule has 0 saturated carbocycles. The van der Waals surface area contributed by atoms with Gasteiger partial charge in [-0.25, -0.2) is 4.98 Å². The molecular weight excluding hydrogens is 232 g/mol. The van der Waals surface area contributed by atoms with Crippen LogP contribution in [0.1, 0.15) is 39.5 Å².